The lowest BCUT2D eigenvalue weighted by Crippen LogP contribution is -2.49. The van der Waals surface area contributed by atoms with Crippen molar-refractivity contribution in [3.8, 4) is 0 Å². The molecule has 28 heavy (non-hydrogen) atoms. The minimum Gasteiger partial charge on any atom is -0.353 e. The number of pyridine rings is 1. The highest BCUT2D eigenvalue weighted by atomic mass is 16.2. The van der Waals surface area contributed by atoms with Crippen LogP contribution in [0.4, 0.5) is 5.82 Å². The molecule has 1 fully saturated rings. The molecule has 0 unspecified atom stereocenters. The number of benzene rings is 1. The van der Waals surface area contributed by atoms with Gasteiger partial charge >= 0.3 is 0 Å². The van der Waals surface area contributed by atoms with E-state index in [2.05, 4.69) is 14.9 Å². The molecule has 4 rings (SSSR count). The van der Waals surface area contributed by atoms with Crippen molar-refractivity contribution in [2.75, 3.05) is 31.1 Å². The molecule has 0 spiro atoms. The standard InChI is InChI=1S/C21H23N5O2/c1-3-26-18-8-7-16(14-17(18)23-15(2)20(26)27)21(28)25-12-10-24(11-13-25)19-6-4-5-9-22-19/h4-9,14H,3,10-13H2,1-2H3. The summed E-state index contributed by atoms with van der Waals surface area (Å²) in [6.45, 7) is 7.01. The van der Waals surface area contributed by atoms with E-state index in [0.29, 0.717) is 36.4 Å². The first-order valence-corrected chi connectivity index (χ1v) is 9.55. The van der Waals surface area contributed by atoms with Crippen LogP contribution in [0.25, 0.3) is 11.0 Å². The summed E-state index contributed by atoms with van der Waals surface area (Å²) in [6, 6.07) is 11.3. The molecular formula is C21H23N5O2. The van der Waals surface area contributed by atoms with Gasteiger partial charge in [-0.25, -0.2) is 9.97 Å². The van der Waals surface area contributed by atoms with Gasteiger partial charge < -0.3 is 14.4 Å². The van der Waals surface area contributed by atoms with Gasteiger partial charge in [0, 0.05) is 44.5 Å². The van der Waals surface area contributed by atoms with E-state index in [1.807, 2.05) is 36.1 Å². The molecule has 1 aliphatic heterocycles. The van der Waals surface area contributed by atoms with Crippen molar-refractivity contribution >= 4 is 22.8 Å². The first kappa shape index (κ1) is 18.2. The number of aryl methyl sites for hydroxylation is 2. The number of anilines is 1. The van der Waals surface area contributed by atoms with Gasteiger partial charge in [-0.3, -0.25) is 9.59 Å². The number of rotatable bonds is 3. The maximum atomic E-state index is 13.0. The third kappa shape index (κ3) is 3.24. The minimum atomic E-state index is -0.0836. The van der Waals surface area contributed by atoms with E-state index < -0.39 is 0 Å². The van der Waals surface area contributed by atoms with Gasteiger partial charge in [-0.1, -0.05) is 6.07 Å². The molecule has 7 nitrogen and oxygen atoms in total. The van der Waals surface area contributed by atoms with Gasteiger partial charge in [0.1, 0.15) is 11.5 Å². The quantitative estimate of drug-likeness (QED) is 0.699. The van der Waals surface area contributed by atoms with Crippen molar-refractivity contribution in [2.24, 2.45) is 0 Å². The summed E-state index contributed by atoms with van der Waals surface area (Å²) >= 11 is 0. The fourth-order valence-corrected chi connectivity index (χ4v) is 3.68. The number of aromatic nitrogens is 3. The lowest BCUT2D eigenvalue weighted by atomic mass is 10.1. The van der Waals surface area contributed by atoms with E-state index in [0.717, 1.165) is 24.4 Å². The summed E-state index contributed by atoms with van der Waals surface area (Å²) < 4.78 is 1.69. The molecule has 1 aromatic carbocycles. The Morgan fingerprint density at radius 3 is 2.57 bits per heavy atom. The average Bonchev–Trinajstić information content (AvgIpc) is 2.74. The van der Waals surface area contributed by atoms with Gasteiger partial charge in [0.15, 0.2) is 0 Å². The van der Waals surface area contributed by atoms with Crippen LogP contribution in [0, 0.1) is 6.92 Å². The predicted molar refractivity (Wildman–Crippen MR) is 109 cm³/mol. The fourth-order valence-electron chi connectivity index (χ4n) is 3.68. The van der Waals surface area contributed by atoms with Crippen LogP contribution in [0.3, 0.4) is 0 Å². The highest BCUT2D eigenvalue weighted by Crippen LogP contribution is 2.18. The van der Waals surface area contributed by atoms with Crippen LogP contribution in [0.1, 0.15) is 23.0 Å². The van der Waals surface area contributed by atoms with E-state index in [1.165, 1.54) is 0 Å². The molecule has 7 heteroatoms. The molecule has 3 heterocycles. The Bertz CT molecular complexity index is 1070. The fraction of sp³-hybridized carbons (Fsp3) is 0.333. The first-order chi connectivity index (χ1) is 13.6. The van der Waals surface area contributed by atoms with Crippen molar-refractivity contribution in [2.45, 2.75) is 20.4 Å². The number of amides is 1. The second-order valence-corrected chi connectivity index (χ2v) is 6.92. The Morgan fingerprint density at radius 1 is 1.11 bits per heavy atom. The summed E-state index contributed by atoms with van der Waals surface area (Å²) in [6.07, 6.45) is 1.78. The van der Waals surface area contributed by atoms with Crippen molar-refractivity contribution in [1.82, 2.24) is 19.4 Å². The number of hydrogen-bond donors (Lipinski definition) is 0. The van der Waals surface area contributed by atoms with E-state index in [1.54, 1.807) is 29.8 Å². The number of hydrogen-bond acceptors (Lipinski definition) is 5. The van der Waals surface area contributed by atoms with Gasteiger partial charge in [0.05, 0.1) is 11.0 Å². The van der Waals surface area contributed by atoms with Gasteiger partial charge in [-0.15, -0.1) is 0 Å². The maximum Gasteiger partial charge on any atom is 0.272 e. The summed E-state index contributed by atoms with van der Waals surface area (Å²) in [5.74, 6) is 0.939. The van der Waals surface area contributed by atoms with Crippen molar-refractivity contribution in [1.29, 1.82) is 0 Å². The molecule has 1 saturated heterocycles. The molecule has 0 radical (unpaired) electrons. The number of piperazine rings is 1. The molecular weight excluding hydrogens is 354 g/mol. The molecule has 1 aliphatic rings. The molecule has 2 aromatic heterocycles. The minimum absolute atomic E-state index is 0.00345. The third-order valence-corrected chi connectivity index (χ3v) is 5.21. The van der Waals surface area contributed by atoms with E-state index >= 15 is 0 Å². The van der Waals surface area contributed by atoms with Gasteiger partial charge in [-0.05, 0) is 44.2 Å². The maximum absolute atomic E-state index is 13.0. The normalized spacial score (nSPS) is 14.5. The Kier molecular flexibility index (Phi) is 4.81. The van der Waals surface area contributed by atoms with Crippen molar-refractivity contribution in [3.05, 3.63) is 64.2 Å². The van der Waals surface area contributed by atoms with Crippen LogP contribution in [0.2, 0.25) is 0 Å². The molecule has 0 saturated carbocycles. The molecule has 0 atom stereocenters. The molecule has 3 aromatic rings. The Hall–Kier alpha value is -3.22. The van der Waals surface area contributed by atoms with Gasteiger partial charge in [0.25, 0.3) is 11.5 Å². The molecule has 144 valence electrons. The third-order valence-electron chi connectivity index (χ3n) is 5.21. The second kappa shape index (κ2) is 7.42. The summed E-state index contributed by atoms with van der Waals surface area (Å²) in [4.78, 5) is 38.1. The Morgan fingerprint density at radius 2 is 1.89 bits per heavy atom. The van der Waals surface area contributed by atoms with E-state index in [4.69, 9.17) is 0 Å². The zero-order valence-electron chi connectivity index (χ0n) is 16.1. The van der Waals surface area contributed by atoms with Gasteiger partial charge in [0.2, 0.25) is 0 Å². The average molecular weight is 377 g/mol. The Labute approximate surface area is 163 Å². The zero-order chi connectivity index (χ0) is 19.7. The zero-order valence-corrected chi connectivity index (χ0v) is 16.1. The number of nitrogens with zero attached hydrogens (tertiary/aromatic N) is 5. The lowest BCUT2D eigenvalue weighted by molar-refractivity contribution is 0.0746. The summed E-state index contributed by atoms with van der Waals surface area (Å²) in [5, 5.41) is 0. The van der Waals surface area contributed by atoms with E-state index in [9.17, 15) is 9.59 Å². The topological polar surface area (TPSA) is 71.3 Å². The monoisotopic (exact) mass is 377 g/mol. The predicted octanol–water partition coefficient (Wildman–Crippen LogP) is 2.08. The van der Waals surface area contributed by atoms with Crippen LogP contribution >= 0.6 is 0 Å². The Balaban J connectivity index is 1.55. The van der Waals surface area contributed by atoms with Gasteiger partial charge in [-0.2, -0.15) is 0 Å². The first-order valence-electron chi connectivity index (χ1n) is 9.55. The van der Waals surface area contributed by atoms with Crippen LogP contribution in [-0.2, 0) is 6.54 Å². The molecule has 1 amide bonds. The second-order valence-electron chi connectivity index (χ2n) is 6.92. The van der Waals surface area contributed by atoms with Crippen LogP contribution in [0.15, 0.2) is 47.4 Å². The molecule has 0 N–H and O–H groups in total. The van der Waals surface area contributed by atoms with Crippen molar-refractivity contribution in [3.63, 3.8) is 0 Å². The van der Waals surface area contributed by atoms with Crippen LogP contribution < -0.4 is 10.5 Å². The largest absolute Gasteiger partial charge is 0.353 e. The smallest absolute Gasteiger partial charge is 0.272 e. The number of fused-ring (bicyclic) bond motifs is 1. The summed E-state index contributed by atoms with van der Waals surface area (Å²) in [5.41, 5.74) is 2.40. The molecule has 0 aliphatic carbocycles. The molecule has 0 bridgehead atoms. The lowest BCUT2D eigenvalue weighted by Gasteiger charge is -2.35. The van der Waals surface area contributed by atoms with Crippen molar-refractivity contribution < 1.29 is 4.79 Å². The van der Waals surface area contributed by atoms with E-state index in [-0.39, 0.29) is 11.5 Å². The highest BCUT2D eigenvalue weighted by Gasteiger charge is 2.23. The van der Waals surface area contributed by atoms with Crippen LogP contribution in [-0.4, -0.2) is 51.5 Å². The highest BCUT2D eigenvalue weighted by molar-refractivity contribution is 5.97. The SMILES string of the molecule is CCn1c(=O)c(C)nc2cc(C(=O)N3CCN(c4ccccn4)CC3)ccc21. The van der Waals surface area contributed by atoms with Crippen LogP contribution in [0.5, 0.6) is 0 Å². The number of carbonyl (C=O) groups is 1. The number of carbonyl (C=O) groups excluding carboxylic acids is 1. The summed E-state index contributed by atoms with van der Waals surface area (Å²) in [7, 11) is 0.